The van der Waals surface area contributed by atoms with E-state index in [4.69, 9.17) is 24.0 Å². The summed E-state index contributed by atoms with van der Waals surface area (Å²) in [5.74, 6) is -4.37. The fourth-order valence-electron chi connectivity index (χ4n) is 2.82. The summed E-state index contributed by atoms with van der Waals surface area (Å²) in [7, 11) is -1.87. The van der Waals surface area contributed by atoms with E-state index in [0.29, 0.717) is 16.5 Å². The van der Waals surface area contributed by atoms with E-state index in [1.807, 2.05) is 12.1 Å². The molecule has 0 spiro atoms. The van der Waals surface area contributed by atoms with Crippen molar-refractivity contribution in [3.8, 4) is 5.75 Å². The summed E-state index contributed by atoms with van der Waals surface area (Å²) in [4.78, 5) is 15.1. The van der Waals surface area contributed by atoms with Crippen molar-refractivity contribution in [2.24, 2.45) is 0 Å². The maximum atomic E-state index is 14.3. The van der Waals surface area contributed by atoms with Crippen LogP contribution in [0.5, 0.6) is 5.75 Å². The predicted molar refractivity (Wildman–Crippen MR) is 98.2 cm³/mol. The normalized spacial score (nSPS) is 24.0. The third-order valence-electron chi connectivity index (χ3n) is 4.29. The molecule has 2 aliphatic heterocycles. The summed E-state index contributed by atoms with van der Waals surface area (Å²) in [5, 5.41) is 0. The molecular weight excluding hydrogens is 452 g/mol. The van der Waals surface area contributed by atoms with Gasteiger partial charge < -0.3 is 15.0 Å². The van der Waals surface area contributed by atoms with E-state index in [9.17, 15) is 26.7 Å². The zero-order chi connectivity index (χ0) is 22.6. The lowest BCUT2D eigenvalue weighted by molar-refractivity contribution is -0.0994. The van der Waals surface area contributed by atoms with E-state index in [2.05, 4.69) is 4.98 Å². The van der Waals surface area contributed by atoms with Gasteiger partial charge in [0.05, 0.1) is 25.8 Å². The molecule has 0 radical (unpaired) electrons. The van der Waals surface area contributed by atoms with Gasteiger partial charge in [0.2, 0.25) is 6.93 Å². The third kappa shape index (κ3) is 5.48. The van der Waals surface area contributed by atoms with Crippen LogP contribution in [0.15, 0.2) is 35.3 Å². The number of hydrogen-bond acceptors (Lipinski definition) is 7. The van der Waals surface area contributed by atoms with Crippen molar-refractivity contribution in [3.63, 3.8) is 0 Å². The first kappa shape index (κ1) is 23.3. The third-order valence-corrected chi connectivity index (χ3v) is 5.33. The van der Waals surface area contributed by atoms with E-state index >= 15 is 0 Å². The molecule has 31 heavy (non-hydrogen) atoms. The molecule has 2 aromatic rings. The highest BCUT2D eigenvalue weighted by Crippen LogP contribution is 2.49. The zero-order valence-corrected chi connectivity index (χ0v) is 16.6. The molecule has 1 saturated heterocycles. The lowest BCUT2D eigenvalue weighted by Crippen LogP contribution is -2.32. The molecule has 0 bridgehead atoms. The number of fused-ring (bicyclic) bond motifs is 1. The fraction of sp³-hybridized carbons (Fsp3) is 0.412. The second-order valence-electron chi connectivity index (χ2n) is 6.30. The van der Waals surface area contributed by atoms with Crippen LogP contribution in [0.25, 0.3) is 0 Å². The standard InChI is InChI=1S/C16H15F3N3O5P.CH2F2/c17-10-6-22(15(23)21-14(10)20)13-5-16(18,19)12(26-13)8-25-28-24-7-9-3-1-2-4-11(9)27-28;2-1-3/h1-4,6,12-13H,5,7-8H2,(H2,20,21,23);1H2. The summed E-state index contributed by atoms with van der Waals surface area (Å²) >= 11 is 0. The Kier molecular flexibility index (Phi) is 7.42. The minimum absolute atomic E-state index is 0.234. The molecule has 1 aromatic heterocycles. The molecule has 1 aromatic carbocycles. The van der Waals surface area contributed by atoms with Gasteiger partial charge >= 0.3 is 14.3 Å². The van der Waals surface area contributed by atoms with Gasteiger partial charge in [-0.3, -0.25) is 13.6 Å². The topological polar surface area (TPSA) is 97.8 Å². The number of nitrogen functional groups attached to an aromatic ring is 1. The van der Waals surface area contributed by atoms with Crippen LogP contribution in [0.1, 0.15) is 18.2 Å². The van der Waals surface area contributed by atoms with Crippen molar-refractivity contribution in [1.82, 2.24) is 9.55 Å². The Labute approximate surface area is 173 Å². The Morgan fingerprint density at radius 2 is 2.03 bits per heavy atom. The van der Waals surface area contributed by atoms with Crippen molar-refractivity contribution in [3.05, 3.63) is 52.3 Å². The molecule has 8 nitrogen and oxygen atoms in total. The molecule has 1 fully saturated rings. The number of benzene rings is 1. The first-order valence-corrected chi connectivity index (χ1v) is 9.86. The Bertz CT molecular complexity index is 966. The Morgan fingerprint density at radius 1 is 1.32 bits per heavy atom. The summed E-state index contributed by atoms with van der Waals surface area (Å²) in [6.45, 7) is -2.05. The minimum atomic E-state index is -3.31. The number of hydrogen-bond donors (Lipinski definition) is 1. The average molecular weight is 469 g/mol. The van der Waals surface area contributed by atoms with Gasteiger partial charge in [-0.25, -0.2) is 26.7 Å². The van der Waals surface area contributed by atoms with Gasteiger partial charge in [0.15, 0.2) is 11.6 Å². The highest BCUT2D eigenvalue weighted by molar-refractivity contribution is 7.42. The molecular formula is C17H17F5N3O5P. The first-order valence-electron chi connectivity index (χ1n) is 8.76. The second kappa shape index (κ2) is 9.86. The summed E-state index contributed by atoms with van der Waals surface area (Å²) < 4.78 is 83.6. The van der Waals surface area contributed by atoms with Crippen LogP contribution in [0.4, 0.5) is 27.8 Å². The van der Waals surface area contributed by atoms with Crippen LogP contribution in [0.2, 0.25) is 0 Å². The number of aromatic nitrogens is 2. The SMILES string of the molecule is FCF.Nc1nc(=O)n(C2CC(F)(F)C(COP3OCc4ccccc4O3)O2)cc1F. The van der Waals surface area contributed by atoms with Crippen LogP contribution in [0, 0.1) is 5.82 Å². The van der Waals surface area contributed by atoms with E-state index in [1.54, 1.807) is 12.1 Å². The average Bonchev–Trinajstić information content (AvgIpc) is 3.03. The van der Waals surface area contributed by atoms with Crippen molar-refractivity contribution in [2.45, 2.75) is 31.3 Å². The fourth-order valence-corrected chi connectivity index (χ4v) is 3.84. The van der Waals surface area contributed by atoms with Crippen LogP contribution in [0.3, 0.4) is 0 Å². The molecule has 3 unspecified atom stereocenters. The van der Waals surface area contributed by atoms with Crippen LogP contribution in [-0.4, -0.2) is 35.1 Å². The van der Waals surface area contributed by atoms with Gasteiger partial charge in [0.25, 0.3) is 5.92 Å². The molecule has 2 aliphatic rings. The molecule has 2 N–H and O–H groups in total. The van der Waals surface area contributed by atoms with Gasteiger partial charge in [-0.2, -0.15) is 4.98 Å². The van der Waals surface area contributed by atoms with Crippen LogP contribution in [-0.2, 0) is 20.4 Å². The van der Waals surface area contributed by atoms with Crippen molar-refractivity contribution >= 4 is 14.4 Å². The van der Waals surface area contributed by atoms with Crippen LogP contribution >= 0.6 is 8.60 Å². The van der Waals surface area contributed by atoms with Gasteiger partial charge in [-0.15, -0.1) is 0 Å². The Hall–Kier alpha value is -2.34. The van der Waals surface area contributed by atoms with Gasteiger partial charge in [-0.05, 0) is 6.07 Å². The lowest BCUT2D eigenvalue weighted by atomic mass is 10.2. The molecule has 0 saturated carbocycles. The van der Waals surface area contributed by atoms with Crippen molar-refractivity contribution in [2.75, 3.05) is 19.3 Å². The highest BCUT2D eigenvalue weighted by atomic mass is 31.2. The number of ether oxygens (including phenoxy) is 1. The monoisotopic (exact) mass is 469 g/mol. The molecule has 170 valence electrons. The maximum absolute atomic E-state index is 14.3. The second-order valence-corrected chi connectivity index (χ2v) is 7.45. The molecule has 3 heterocycles. The lowest BCUT2D eigenvalue weighted by Gasteiger charge is -2.25. The van der Waals surface area contributed by atoms with Crippen molar-refractivity contribution in [1.29, 1.82) is 0 Å². The molecule has 3 atom stereocenters. The van der Waals surface area contributed by atoms with E-state index < -0.39 is 64.1 Å². The molecule has 0 amide bonds. The van der Waals surface area contributed by atoms with E-state index in [0.717, 1.165) is 5.56 Å². The number of anilines is 1. The summed E-state index contributed by atoms with van der Waals surface area (Å²) in [5.41, 5.74) is 5.04. The van der Waals surface area contributed by atoms with Gasteiger partial charge in [0, 0.05) is 5.56 Å². The van der Waals surface area contributed by atoms with E-state index in [1.165, 1.54) is 0 Å². The van der Waals surface area contributed by atoms with Crippen LogP contribution < -0.4 is 15.9 Å². The van der Waals surface area contributed by atoms with E-state index in [-0.39, 0.29) is 6.61 Å². The summed E-state index contributed by atoms with van der Waals surface area (Å²) in [6, 6.07) is 7.14. The predicted octanol–water partition coefficient (Wildman–Crippen LogP) is 3.62. The largest absolute Gasteiger partial charge is 0.426 e. The Balaban J connectivity index is 0.000000858. The van der Waals surface area contributed by atoms with Crippen molar-refractivity contribution < 1.29 is 40.3 Å². The number of halogens is 5. The summed E-state index contributed by atoms with van der Waals surface area (Å²) in [6.07, 6.45) is -3.21. The van der Waals surface area contributed by atoms with Gasteiger partial charge in [0.1, 0.15) is 18.1 Å². The first-order chi connectivity index (χ1) is 14.7. The number of nitrogens with two attached hydrogens (primary N) is 1. The molecule has 0 aliphatic carbocycles. The highest BCUT2D eigenvalue weighted by Gasteiger charge is 2.52. The number of para-hydroxylation sites is 1. The number of nitrogens with zero attached hydrogens (tertiary/aromatic N) is 2. The molecule has 4 rings (SSSR count). The number of rotatable bonds is 4. The Morgan fingerprint density at radius 3 is 2.77 bits per heavy atom. The number of alkyl halides is 4. The minimum Gasteiger partial charge on any atom is -0.426 e. The smallest absolute Gasteiger partial charge is 0.397 e. The quantitative estimate of drug-likeness (QED) is 0.540. The van der Waals surface area contributed by atoms with Gasteiger partial charge in [-0.1, -0.05) is 18.2 Å². The zero-order valence-electron chi connectivity index (χ0n) is 15.7. The molecule has 14 heteroatoms. The maximum Gasteiger partial charge on any atom is 0.397 e.